The largest absolute Gasteiger partial charge is 0.381 e. The predicted molar refractivity (Wildman–Crippen MR) is 60.0 cm³/mol. The molecule has 15 heavy (non-hydrogen) atoms. The Kier molecular flexibility index (Phi) is 4.42. The van der Waals surface area contributed by atoms with Gasteiger partial charge < -0.3 is 14.8 Å². The predicted octanol–water partition coefficient (Wildman–Crippen LogP) is 1.71. The summed E-state index contributed by atoms with van der Waals surface area (Å²) in [7, 11) is 1.80. The van der Waals surface area contributed by atoms with Crippen LogP contribution in [0.5, 0.6) is 0 Å². The first-order chi connectivity index (χ1) is 7.38. The summed E-state index contributed by atoms with van der Waals surface area (Å²) in [5.74, 6) is 0. The Morgan fingerprint density at radius 1 is 1.13 bits per heavy atom. The van der Waals surface area contributed by atoms with Gasteiger partial charge in [0.15, 0.2) is 0 Å². The van der Waals surface area contributed by atoms with Crippen molar-refractivity contribution in [2.24, 2.45) is 0 Å². The van der Waals surface area contributed by atoms with Gasteiger partial charge in [-0.2, -0.15) is 0 Å². The van der Waals surface area contributed by atoms with E-state index in [1.165, 1.54) is 38.5 Å². The number of rotatable bonds is 6. The van der Waals surface area contributed by atoms with Crippen LogP contribution < -0.4 is 5.32 Å². The molecule has 88 valence electrons. The maximum absolute atomic E-state index is 5.78. The lowest BCUT2D eigenvalue weighted by Crippen LogP contribution is -2.46. The van der Waals surface area contributed by atoms with E-state index in [2.05, 4.69) is 5.32 Å². The van der Waals surface area contributed by atoms with Crippen molar-refractivity contribution in [3.05, 3.63) is 0 Å². The first-order valence-corrected chi connectivity index (χ1v) is 6.26. The van der Waals surface area contributed by atoms with Crippen LogP contribution >= 0.6 is 0 Å². The van der Waals surface area contributed by atoms with Crippen molar-refractivity contribution in [3.63, 3.8) is 0 Å². The second-order valence-corrected chi connectivity index (χ2v) is 4.76. The molecule has 0 spiro atoms. The van der Waals surface area contributed by atoms with Gasteiger partial charge in [0.25, 0.3) is 0 Å². The third kappa shape index (κ3) is 3.44. The fraction of sp³-hybridized carbons (Fsp3) is 1.00. The summed E-state index contributed by atoms with van der Waals surface area (Å²) in [6, 6.07) is 0.669. The van der Waals surface area contributed by atoms with E-state index in [0.717, 1.165) is 13.2 Å². The molecule has 1 N–H and O–H groups in total. The summed E-state index contributed by atoms with van der Waals surface area (Å²) in [6.07, 6.45) is 8.65. The van der Waals surface area contributed by atoms with Crippen LogP contribution in [0.3, 0.4) is 0 Å². The maximum Gasteiger partial charge on any atom is 0.0601 e. The summed E-state index contributed by atoms with van der Waals surface area (Å²) in [5.41, 5.74) is 0. The van der Waals surface area contributed by atoms with Crippen LogP contribution in [0.1, 0.15) is 38.5 Å². The van der Waals surface area contributed by atoms with Gasteiger partial charge in [-0.15, -0.1) is 0 Å². The zero-order valence-electron chi connectivity index (χ0n) is 9.71. The lowest BCUT2D eigenvalue weighted by Gasteiger charge is -2.34. The van der Waals surface area contributed by atoms with E-state index in [1.54, 1.807) is 7.11 Å². The van der Waals surface area contributed by atoms with Gasteiger partial charge in [-0.05, 0) is 25.7 Å². The Bertz CT molecular complexity index is 174. The van der Waals surface area contributed by atoms with E-state index in [4.69, 9.17) is 9.47 Å². The van der Waals surface area contributed by atoms with Crippen LogP contribution in [0.4, 0.5) is 0 Å². The van der Waals surface area contributed by atoms with Crippen LogP contribution in [-0.4, -0.2) is 38.5 Å². The minimum Gasteiger partial charge on any atom is -0.381 e. The monoisotopic (exact) mass is 213 g/mol. The molecule has 0 aromatic rings. The quantitative estimate of drug-likeness (QED) is 0.681. The highest BCUT2D eigenvalue weighted by Gasteiger charge is 2.28. The second kappa shape index (κ2) is 5.83. The van der Waals surface area contributed by atoms with Gasteiger partial charge in [0.1, 0.15) is 0 Å². The number of nitrogens with one attached hydrogen (secondary N) is 1. The summed E-state index contributed by atoms with van der Waals surface area (Å²) in [4.78, 5) is 0. The molecule has 0 saturated heterocycles. The Morgan fingerprint density at radius 3 is 2.53 bits per heavy atom. The molecule has 0 atom stereocenters. The van der Waals surface area contributed by atoms with Gasteiger partial charge >= 0.3 is 0 Å². The Hall–Kier alpha value is -0.120. The number of ether oxygens (including phenoxy) is 2. The highest BCUT2D eigenvalue weighted by Crippen LogP contribution is 2.22. The molecule has 0 bridgehead atoms. The Morgan fingerprint density at radius 2 is 1.87 bits per heavy atom. The van der Waals surface area contributed by atoms with Crippen LogP contribution in [0.15, 0.2) is 0 Å². The molecule has 0 heterocycles. The van der Waals surface area contributed by atoms with E-state index in [9.17, 15) is 0 Å². The van der Waals surface area contributed by atoms with E-state index in [0.29, 0.717) is 18.2 Å². The average molecular weight is 213 g/mol. The molecule has 0 amide bonds. The zero-order valence-corrected chi connectivity index (χ0v) is 9.71. The molecule has 0 aromatic carbocycles. The molecule has 3 nitrogen and oxygen atoms in total. The first-order valence-electron chi connectivity index (χ1n) is 6.26. The third-order valence-corrected chi connectivity index (χ3v) is 3.62. The van der Waals surface area contributed by atoms with Crippen molar-refractivity contribution < 1.29 is 9.47 Å². The normalized spacial score (nSPS) is 31.8. The van der Waals surface area contributed by atoms with Gasteiger partial charge in [-0.3, -0.25) is 0 Å². The molecule has 0 aromatic heterocycles. The molecule has 2 fully saturated rings. The van der Waals surface area contributed by atoms with E-state index >= 15 is 0 Å². The number of methoxy groups -OCH3 is 1. The van der Waals surface area contributed by atoms with Crippen molar-refractivity contribution >= 4 is 0 Å². The summed E-state index contributed by atoms with van der Waals surface area (Å²) in [5, 5.41) is 3.50. The van der Waals surface area contributed by atoms with Crippen LogP contribution in [0.25, 0.3) is 0 Å². The van der Waals surface area contributed by atoms with Gasteiger partial charge in [-0.1, -0.05) is 12.8 Å². The standard InChI is InChI=1S/C12H23NO2/c1-14-12-8-10(9-12)13-6-7-15-11-4-2-3-5-11/h10-13H,2-9H2,1H3. The Labute approximate surface area is 92.5 Å². The van der Waals surface area contributed by atoms with Crippen LogP contribution in [0, 0.1) is 0 Å². The van der Waals surface area contributed by atoms with Crippen LogP contribution in [0.2, 0.25) is 0 Å². The summed E-state index contributed by atoms with van der Waals surface area (Å²) < 4.78 is 11.0. The van der Waals surface area contributed by atoms with Crippen molar-refractivity contribution in [2.75, 3.05) is 20.3 Å². The van der Waals surface area contributed by atoms with Gasteiger partial charge in [0.05, 0.1) is 18.8 Å². The molecule has 2 aliphatic carbocycles. The van der Waals surface area contributed by atoms with E-state index in [1.807, 2.05) is 0 Å². The van der Waals surface area contributed by atoms with Gasteiger partial charge in [-0.25, -0.2) is 0 Å². The minimum absolute atomic E-state index is 0.498. The van der Waals surface area contributed by atoms with Gasteiger partial charge in [0.2, 0.25) is 0 Å². The fourth-order valence-corrected chi connectivity index (χ4v) is 2.47. The lowest BCUT2D eigenvalue weighted by molar-refractivity contribution is 0.0110. The average Bonchev–Trinajstić information content (AvgIpc) is 2.67. The molecular formula is C12H23NO2. The summed E-state index contributed by atoms with van der Waals surface area (Å²) in [6.45, 7) is 1.87. The minimum atomic E-state index is 0.498. The lowest BCUT2D eigenvalue weighted by atomic mass is 9.89. The van der Waals surface area contributed by atoms with Crippen molar-refractivity contribution in [1.29, 1.82) is 0 Å². The smallest absolute Gasteiger partial charge is 0.0601 e. The number of hydrogen-bond acceptors (Lipinski definition) is 3. The highest BCUT2D eigenvalue weighted by atomic mass is 16.5. The third-order valence-electron chi connectivity index (χ3n) is 3.62. The molecule has 0 radical (unpaired) electrons. The molecule has 3 heteroatoms. The zero-order chi connectivity index (χ0) is 10.5. The topological polar surface area (TPSA) is 30.5 Å². The number of hydrogen-bond donors (Lipinski definition) is 1. The molecule has 2 aliphatic rings. The Balaban J connectivity index is 1.42. The maximum atomic E-state index is 5.78. The van der Waals surface area contributed by atoms with Crippen molar-refractivity contribution in [3.8, 4) is 0 Å². The fourth-order valence-electron chi connectivity index (χ4n) is 2.47. The second-order valence-electron chi connectivity index (χ2n) is 4.76. The molecule has 2 saturated carbocycles. The molecule has 2 rings (SSSR count). The van der Waals surface area contributed by atoms with Gasteiger partial charge in [0, 0.05) is 19.7 Å². The van der Waals surface area contributed by atoms with Crippen LogP contribution in [-0.2, 0) is 9.47 Å². The van der Waals surface area contributed by atoms with E-state index < -0.39 is 0 Å². The van der Waals surface area contributed by atoms with E-state index in [-0.39, 0.29) is 0 Å². The summed E-state index contributed by atoms with van der Waals surface area (Å²) >= 11 is 0. The van der Waals surface area contributed by atoms with Crippen molar-refractivity contribution in [1.82, 2.24) is 5.32 Å². The highest BCUT2D eigenvalue weighted by molar-refractivity contribution is 4.85. The van der Waals surface area contributed by atoms with Crippen molar-refractivity contribution in [2.45, 2.75) is 56.8 Å². The molecular weight excluding hydrogens is 190 g/mol. The SMILES string of the molecule is COC1CC(NCCOC2CCCC2)C1. The molecule has 0 aliphatic heterocycles. The first kappa shape index (κ1) is 11.4. The molecule has 0 unspecified atom stereocenters.